The molecule has 0 atom stereocenters. The number of rotatable bonds is 19. The summed E-state index contributed by atoms with van der Waals surface area (Å²) in [5.41, 5.74) is 0. The third-order valence-electron chi connectivity index (χ3n) is 5.33. The van der Waals surface area contributed by atoms with Crippen LogP contribution in [-0.2, 0) is 14.9 Å². The van der Waals surface area contributed by atoms with Gasteiger partial charge in [-0.25, -0.2) is 0 Å². The van der Waals surface area contributed by atoms with Crippen molar-refractivity contribution in [3.63, 3.8) is 0 Å². The molecule has 0 aliphatic carbocycles. The normalized spacial score (nSPS) is 10.5. The van der Waals surface area contributed by atoms with E-state index in [4.69, 9.17) is 9.29 Å². The summed E-state index contributed by atoms with van der Waals surface area (Å²) < 4.78 is 35.0. The van der Waals surface area contributed by atoms with Crippen molar-refractivity contribution in [1.29, 1.82) is 0 Å². The van der Waals surface area contributed by atoms with E-state index in [2.05, 4.69) is 13.8 Å². The van der Waals surface area contributed by atoms with Crippen LogP contribution in [0.4, 0.5) is 0 Å². The van der Waals surface area contributed by atoms with Crippen LogP contribution >= 0.6 is 0 Å². The van der Waals surface area contributed by atoms with Crippen molar-refractivity contribution in [1.82, 2.24) is 0 Å². The molecule has 0 spiro atoms. The monoisotopic (exact) mass is 504 g/mol. The number of hydrogen-bond donors (Lipinski definition) is 1. The van der Waals surface area contributed by atoms with Crippen LogP contribution in [0.3, 0.4) is 0 Å². The van der Waals surface area contributed by atoms with Gasteiger partial charge in [-0.3, -0.25) is 4.55 Å². The second kappa shape index (κ2) is 29.3. The Morgan fingerprint density at radius 2 is 0.970 bits per heavy atom. The minimum Gasteiger partial charge on any atom is -1.00 e. The third-order valence-corrected chi connectivity index (χ3v) is 6.19. The van der Waals surface area contributed by atoms with E-state index in [0.717, 1.165) is 13.2 Å². The van der Waals surface area contributed by atoms with Crippen molar-refractivity contribution in [3.05, 3.63) is 30.3 Å². The maximum atomic E-state index is 10.4. The Morgan fingerprint density at radius 1 is 0.636 bits per heavy atom. The fourth-order valence-corrected chi connectivity index (χ4v) is 3.87. The predicted octanol–water partition coefficient (Wildman–Crippen LogP) is 2.45. The average Bonchev–Trinajstić information content (AvgIpc) is 2.76. The first-order valence-electron chi connectivity index (χ1n) is 12.6. The van der Waals surface area contributed by atoms with E-state index < -0.39 is 10.1 Å². The van der Waals surface area contributed by atoms with E-state index in [1.165, 1.54) is 115 Å². The first kappa shape index (κ1) is 38.6. The van der Waals surface area contributed by atoms with E-state index in [-0.39, 0.29) is 66.9 Å². The Labute approximate surface area is 252 Å². The maximum absolute atomic E-state index is 10.4. The quantitative estimate of drug-likeness (QED) is 0.179. The van der Waals surface area contributed by atoms with Gasteiger partial charge in [0.15, 0.2) is 0 Å². The van der Waals surface area contributed by atoms with Gasteiger partial charge in [0.25, 0.3) is 10.1 Å². The molecule has 1 rings (SSSR count). The van der Waals surface area contributed by atoms with Crippen LogP contribution in [0.1, 0.15) is 119 Å². The molecule has 33 heavy (non-hydrogen) atoms. The van der Waals surface area contributed by atoms with Crippen LogP contribution in [0.2, 0.25) is 0 Å². The van der Waals surface area contributed by atoms with Gasteiger partial charge >= 0.3 is 59.1 Å². The molecule has 4 nitrogen and oxygen atoms in total. The molecule has 0 saturated heterocycles. The van der Waals surface area contributed by atoms with E-state index in [9.17, 15) is 8.42 Å². The summed E-state index contributed by atoms with van der Waals surface area (Å²) in [4.78, 5) is -0.0741. The first-order chi connectivity index (χ1) is 15.0. The third kappa shape index (κ3) is 29.2. The summed E-state index contributed by atoms with van der Waals surface area (Å²) in [5.74, 6) is 0. The zero-order valence-corrected chi connectivity index (χ0v) is 27.0. The Kier molecular flexibility index (Phi) is 34.3. The van der Waals surface area contributed by atoms with Crippen molar-refractivity contribution in [2.45, 2.75) is 121 Å². The molecular formula is C26H50Na2O4S. The van der Waals surface area contributed by atoms with Crippen molar-refractivity contribution in [2.75, 3.05) is 13.2 Å². The van der Waals surface area contributed by atoms with Crippen LogP contribution in [0, 0.1) is 0 Å². The smallest absolute Gasteiger partial charge is 1.00 e. The molecule has 0 bridgehead atoms. The Hall–Kier alpha value is 1.09. The largest absolute Gasteiger partial charge is 1.00 e. The second-order valence-electron chi connectivity index (χ2n) is 8.35. The van der Waals surface area contributed by atoms with Gasteiger partial charge in [0.2, 0.25) is 0 Å². The van der Waals surface area contributed by atoms with Crippen molar-refractivity contribution >= 4 is 10.1 Å². The van der Waals surface area contributed by atoms with Crippen molar-refractivity contribution < 1.29 is 79.7 Å². The zero-order valence-electron chi connectivity index (χ0n) is 24.2. The van der Waals surface area contributed by atoms with Crippen LogP contribution < -0.4 is 59.1 Å². The molecule has 0 amide bonds. The molecule has 0 radical (unpaired) electrons. The number of benzene rings is 1. The summed E-state index contributed by atoms with van der Waals surface area (Å²) in [6, 6.07) is 7.42. The Bertz CT molecular complexity index is 576. The number of hydrogen-bond acceptors (Lipinski definition) is 3. The van der Waals surface area contributed by atoms with Crippen LogP contribution in [0.5, 0.6) is 0 Å². The van der Waals surface area contributed by atoms with Gasteiger partial charge in [-0.05, 0) is 25.0 Å². The van der Waals surface area contributed by atoms with Crippen LogP contribution in [-0.4, -0.2) is 26.2 Å². The molecule has 0 aromatic heterocycles. The molecule has 1 aromatic rings. The maximum Gasteiger partial charge on any atom is 1.00 e. The van der Waals surface area contributed by atoms with Gasteiger partial charge in [-0.2, -0.15) is 8.42 Å². The zero-order chi connectivity index (χ0) is 23.0. The van der Waals surface area contributed by atoms with Gasteiger partial charge in [0.05, 0.1) is 4.90 Å². The SMILES string of the molecule is CCCCCCCCCCOCCCCCCCCCC.O=S(=O)(O)c1ccccc1.[H-].[H-].[Na+].[Na+]. The standard InChI is InChI=1S/C20H42O.C6H6O3S.2Na.2H/c1-3-5-7-9-11-13-15-17-19-21-20-18-16-14-12-10-8-6-4-2;7-10(8,9)6-4-2-1-3-5-6;;;;/h3-20H2,1-2H3;1-5H,(H,7,8,9);;;;/q;;2*+1;2*-1. The summed E-state index contributed by atoms with van der Waals surface area (Å²) in [5, 5.41) is 0. The van der Waals surface area contributed by atoms with E-state index in [1.54, 1.807) is 18.2 Å². The number of unbranched alkanes of at least 4 members (excludes halogenated alkanes) is 14. The van der Waals surface area contributed by atoms with E-state index >= 15 is 0 Å². The Morgan fingerprint density at radius 3 is 1.27 bits per heavy atom. The number of ether oxygens (including phenoxy) is 1. The van der Waals surface area contributed by atoms with Gasteiger partial charge in [0, 0.05) is 13.2 Å². The van der Waals surface area contributed by atoms with E-state index in [1.807, 2.05) is 0 Å². The van der Waals surface area contributed by atoms with Crippen molar-refractivity contribution in [3.8, 4) is 0 Å². The molecule has 0 saturated carbocycles. The second-order valence-corrected chi connectivity index (χ2v) is 9.77. The van der Waals surface area contributed by atoms with Gasteiger partial charge in [-0.1, -0.05) is 122 Å². The average molecular weight is 505 g/mol. The molecule has 0 aliphatic heterocycles. The van der Waals surface area contributed by atoms with E-state index in [0.29, 0.717) is 0 Å². The van der Waals surface area contributed by atoms with Gasteiger partial charge < -0.3 is 7.59 Å². The molecular weight excluding hydrogens is 454 g/mol. The molecule has 0 heterocycles. The molecule has 7 heteroatoms. The minimum atomic E-state index is -4.00. The minimum absolute atomic E-state index is 0. The summed E-state index contributed by atoms with van der Waals surface area (Å²) in [6.45, 7) is 6.55. The predicted molar refractivity (Wildman–Crippen MR) is 135 cm³/mol. The summed E-state index contributed by atoms with van der Waals surface area (Å²) in [6.07, 6.45) is 22.2. The first-order valence-corrected chi connectivity index (χ1v) is 14.1. The molecule has 0 fully saturated rings. The van der Waals surface area contributed by atoms with Crippen molar-refractivity contribution in [2.24, 2.45) is 0 Å². The fourth-order valence-electron chi connectivity index (χ4n) is 3.37. The Balaban J connectivity index is -0.000000183. The fraction of sp³-hybridized carbons (Fsp3) is 0.769. The molecule has 186 valence electrons. The molecule has 1 aromatic carbocycles. The molecule has 0 unspecified atom stereocenters. The van der Waals surface area contributed by atoms with Gasteiger partial charge in [0.1, 0.15) is 0 Å². The van der Waals surface area contributed by atoms with Crippen LogP contribution in [0.15, 0.2) is 35.2 Å². The van der Waals surface area contributed by atoms with Crippen LogP contribution in [0.25, 0.3) is 0 Å². The van der Waals surface area contributed by atoms with Gasteiger partial charge in [-0.15, -0.1) is 0 Å². The summed E-state index contributed by atoms with van der Waals surface area (Å²) >= 11 is 0. The topological polar surface area (TPSA) is 63.6 Å². The summed E-state index contributed by atoms with van der Waals surface area (Å²) in [7, 11) is -4.00. The molecule has 1 N–H and O–H groups in total. The molecule has 0 aliphatic rings.